The highest BCUT2D eigenvalue weighted by Gasteiger charge is 2.46. The minimum Gasteiger partial charge on any atom is -0.341 e. The normalized spacial score (nSPS) is 19.9. The van der Waals surface area contributed by atoms with Crippen LogP contribution in [0, 0.1) is 5.92 Å². The number of amides is 1. The lowest BCUT2D eigenvalue weighted by molar-refractivity contribution is 0.0628. The summed E-state index contributed by atoms with van der Waals surface area (Å²) in [4.78, 5) is 17.1. The maximum Gasteiger partial charge on any atom is 0.257 e. The van der Waals surface area contributed by atoms with Crippen LogP contribution in [0.5, 0.6) is 0 Å². The van der Waals surface area contributed by atoms with Gasteiger partial charge in [-0.25, -0.2) is 0 Å². The molecule has 0 radical (unpaired) electrons. The monoisotopic (exact) mass is 370 g/mol. The van der Waals surface area contributed by atoms with E-state index in [1.54, 1.807) is 0 Å². The zero-order valence-electron chi connectivity index (χ0n) is 16.9. The molecule has 1 saturated heterocycles. The first kappa shape index (κ1) is 18.2. The van der Waals surface area contributed by atoms with Gasteiger partial charge in [0.2, 0.25) is 0 Å². The second-order valence-corrected chi connectivity index (χ2v) is 8.75. The van der Waals surface area contributed by atoms with Crippen LogP contribution in [-0.2, 0) is 25.6 Å². The number of likely N-dealkylation sites (tertiary alicyclic amines) is 1. The molecule has 0 bridgehead atoms. The number of carbonyl (C=O) groups excluding carboxylic acids is 1. The van der Waals surface area contributed by atoms with Gasteiger partial charge in [0.25, 0.3) is 5.91 Å². The number of likely N-dealkylation sites (N-methyl/N-ethyl adjacent to an activating group) is 1. The summed E-state index contributed by atoms with van der Waals surface area (Å²) >= 11 is 0. The molecule has 1 amide bonds. The molecule has 1 spiro atoms. The van der Waals surface area contributed by atoms with Crippen molar-refractivity contribution in [2.75, 3.05) is 26.7 Å². The fourth-order valence-corrected chi connectivity index (χ4v) is 4.59. The molecule has 0 aliphatic carbocycles. The van der Waals surface area contributed by atoms with Gasteiger partial charge in [-0.1, -0.05) is 13.8 Å². The Kier molecular flexibility index (Phi) is 4.58. The van der Waals surface area contributed by atoms with Crippen LogP contribution in [0.4, 0.5) is 0 Å². The van der Waals surface area contributed by atoms with Crippen LogP contribution < -0.4 is 0 Å². The molecule has 0 saturated carbocycles. The first-order chi connectivity index (χ1) is 12.9. The number of nitrogens with zero attached hydrogens (tertiary/aromatic N) is 6. The number of aromatic nitrogens is 4. The Morgan fingerprint density at radius 3 is 2.56 bits per heavy atom. The SMILES string of the molecule is CC(C)Cn1cc2c(n1)C1(CCN(Cc3cnn(C)c3)CC1)CN(C)C2=O. The fourth-order valence-electron chi connectivity index (χ4n) is 4.59. The molecule has 0 atom stereocenters. The summed E-state index contributed by atoms with van der Waals surface area (Å²) in [7, 11) is 3.88. The Hall–Kier alpha value is -2.15. The molecule has 7 heteroatoms. The average Bonchev–Trinajstić information content (AvgIpc) is 3.21. The number of aryl methyl sites for hydroxylation is 1. The molecule has 2 aromatic rings. The maximum absolute atomic E-state index is 12.7. The third-order valence-electron chi connectivity index (χ3n) is 5.91. The van der Waals surface area contributed by atoms with E-state index in [0.717, 1.165) is 56.8 Å². The van der Waals surface area contributed by atoms with Gasteiger partial charge in [-0.3, -0.25) is 19.1 Å². The highest BCUT2D eigenvalue weighted by molar-refractivity contribution is 5.96. The Bertz CT molecular complexity index is 827. The van der Waals surface area contributed by atoms with E-state index in [4.69, 9.17) is 5.10 Å². The number of hydrogen-bond acceptors (Lipinski definition) is 4. The van der Waals surface area contributed by atoms with Gasteiger partial charge in [-0.2, -0.15) is 10.2 Å². The molecular formula is C20H30N6O. The number of piperidine rings is 1. The number of carbonyl (C=O) groups is 1. The lowest BCUT2D eigenvalue weighted by Gasteiger charge is -2.45. The smallest absolute Gasteiger partial charge is 0.257 e. The molecule has 0 unspecified atom stereocenters. The molecule has 4 heterocycles. The summed E-state index contributed by atoms with van der Waals surface area (Å²) in [5.41, 5.74) is 3.09. The summed E-state index contributed by atoms with van der Waals surface area (Å²) < 4.78 is 3.84. The van der Waals surface area contributed by atoms with E-state index in [1.165, 1.54) is 5.56 Å². The van der Waals surface area contributed by atoms with Crippen molar-refractivity contribution in [3.05, 3.63) is 35.4 Å². The molecule has 146 valence electrons. The third-order valence-corrected chi connectivity index (χ3v) is 5.91. The maximum atomic E-state index is 12.7. The zero-order chi connectivity index (χ0) is 19.2. The molecule has 2 aliphatic heterocycles. The van der Waals surface area contributed by atoms with Gasteiger partial charge in [-0.05, 0) is 31.8 Å². The summed E-state index contributed by atoms with van der Waals surface area (Å²) in [6, 6.07) is 0. The van der Waals surface area contributed by atoms with Gasteiger partial charge in [-0.15, -0.1) is 0 Å². The lowest BCUT2D eigenvalue weighted by atomic mass is 9.72. The molecular weight excluding hydrogens is 340 g/mol. The van der Waals surface area contributed by atoms with E-state index in [0.29, 0.717) is 5.92 Å². The molecule has 0 N–H and O–H groups in total. The van der Waals surface area contributed by atoms with Crippen molar-refractivity contribution in [1.29, 1.82) is 0 Å². The molecule has 7 nitrogen and oxygen atoms in total. The Balaban J connectivity index is 1.54. The van der Waals surface area contributed by atoms with E-state index in [1.807, 2.05) is 40.8 Å². The fraction of sp³-hybridized carbons (Fsp3) is 0.650. The van der Waals surface area contributed by atoms with Crippen molar-refractivity contribution in [1.82, 2.24) is 29.4 Å². The Morgan fingerprint density at radius 1 is 1.19 bits per heavy atom. The molecule has 1 fully saturated rings. The first-order valence-electron chi connectivity index (χ1n) is 9.89. The van der Waals surface area contributed by atoms with Gasteiger partial charge in [0, 0.05) is 57.1 Å². The van der Waals surface area contributed by atoms with Gasteiger partial charge < -0.3 is 4.90 Å². The molecule has 0 aromatic carbocycles. The van der Waals surface area contributed by atoms with Gasteiger partial charge >= 0.3 is 0 Å². The summed E-state index contributed by atoms with van der Waals surface area (Å²) in [5, 5.41) is 9.18. The van der Waals surface area contributed by atoms with Crippen LogP contribution in [0.1, 0.15) is 48.3 Å². The molecule has 2 aromatic heterocycles. The summed E-state index contributed by atoms with van der Waals surface area (Å²) in [6.07, 6.45) is 8.08. The molecule has 4 rings (SSSR count). The highest BCUT2D eigenvalue weighted by atomic mass is 16.2. The van der Waals surface area contributed by atoms with Gasteiger partial charge in [0.05, 0.1) is 17.5 Å². The van der Waals surface area contributed by atoms with Gasteiger partial charge in [0.1, 0.15) is 0 Å². The van der Waals surface area contributed by atoms with Crippen molar-refractivity contribution in [3.63, 3.8) is 0 Å². The van der Waals surface area contributed by atoms with E-state index < -0.39 is 0 Å². The van der Waals surface area contributed by atoms with Crippen LogP contribution in [-0.4, -0.2) is 61.9 Å². The predicted molar refractivity (Wildman–Crippen MR) is 103 cm³/mol. The number of rotatable bonds is 4. The Labute approximate surface area is 160 Å². The topological polar surface area (TPSA) is 59.2 Å². The summed E-state index contributed by atoms with van der Waals surface area (Å²) in [6.45, 7) is 8.97. The molecule has 27 heavy (non-hydrogen) atoms. The van der Waals surface area contributed by atoms with E-state index in [-0.39, 0.29) is 11.3 Å². The van der Waals surface area contributed by atoms with Crippen molar-refractivity contribution in [2.24, 2.45) is 13.0 Å². The average molecular weight is 371 g/mol. The summed E-state index contributed by atoms with van der Waals surface area (Å²) in [5.74, 6) is 0.625. The Morgan fingerprint density at radius 2 is 1.93 bits per heavy atom. The molecule has 2 aliphatic rings. The quantitative estimate of drug-likeness (QED) is 0.825. The van der Waals surface area contributed by atoms with E-state index in [9.17, 15) is 4.79 Å². The van der Waals surface area contributed by atoms with Crippen LogP contribution >= 0.6 is 0 Å². The van der Waals surface area contributed by atoms with Crippen molar-refractivity contribution < 1.29 is 4.79 Å². The van der Waals surface area contributed by atoms with Crippen LogP contribution in [0.15, 0.2) is 18.6 Å². The largest absolute Gasteiger partial charge is 0.341 e. The van der Waals surface area contributed by atoms with Crippen molar-refractivity contribution in [3.8, 4) is 0 Å². The number of hydrogen-bond donors (Lipinski definition) is 0. The van der Waals surface area contributed by atoms with Crippen LogP contribution in [0.25, 0.3) is 0 Å². The second kappa shape index (κ2) is 6.78. The van der Waals surface area contributed by atoms with Crippen LogP contribution in [0.2, 0.25) is 0 Å². The standard InChI is InChI=1S/C20H30N6O/c1-15(2)10-26-13-17-18(22-26)20(14-23(3)19(17)27)5-7-25(8-6-20)12-16-9-21-24(4)11-16/h9,11,13,15H,5-8,10,12,14H2,1-4H3. The van der Waals surface area contributed by atoms with E-state index >= 15 is 0 Å². The van der Waals surface area contributed by atoms with Crippen molar-refractivity contribution >= 4 is 5.91 Å². The van der Waals surface area contributed by atoms with Crippen LogP contribution in [0.3, 0.4) is 0 Å². The predicted octanol–water partition coefficient (Wildman–Crippen LogP) is 1.89. The van der Waals surface area contributed by atoms with E-state index in [2.05, 4.69) is 30.0 Å². The minimum atomic E-state index is -0.00827. The van der Waals surface area contributed by atoms with Crippen molar-refractivity contribution in [2.45, 2.75) is 45.2 Å². The number of fused-ring (bicyclic) bond motifs is 2. The first-order valence-corrected chi connectivity index (χ1v) is 9.89. The van der Waals surface area contributed by atoms with Gasteiger partial charge in [0.15, 0.2) is 0 Å². The second-order valence-electron chi connectivity index (χ2n) is 8.75. The highest BCUT2D eigenvalue weighted by Crippen LogP contribution is 2.40. The zero-order valence-corrected chi connectivity index (χ0v) is 16.9. The minimum absolute atomic E-state index is 0.00827. The lowest BCUT2D eigenvalue weighted by Crippen LogP contribution is -2.53. The third kappa shape index (κ3) is 3.40.